The van der Waals surface area contributed by atoms with Crippen LogP contribution in [0.2, 0.25) is 0 Å². The van der Waals surface area contributed by atoms with E-state index >= 15 is 0 Å². The second-order valence-corrected chi connectivity index (χ2v) is 9.33. The summed E-state index contributed by atoms with van der Waals surface area (Å²) in [4.78, 5) is 41.0. The smallest absolute Gasteiger partial charge is 0.278 e. The average Bonchev–Trinajstić information content (AvgIpc) is 3.12. The van der Waals surface area contributed by atoms with Crippen molar-refractivity contribution < 1.29 is 9.90 Å². The molecule has 3 aromatic heterocycles. The molecule has 0 saturated carbocycles. The molecule has 1 aliphatic rings. The molecule has 0 spiro atoms. The first-order valence-corrected chi connectivity index (χ1v) is 11.6. The Kier molecular flexibility index (Phi) is 5.68. The van der Waals surface area contributed by atoms with Gasteiger partial charge in [0.1, 0.15) is 11.0 Å². The number of hydrogen-bond donors (Lipinski definition) is 2. The summed E-state index contributed by atoms with van der Waals surface area (Å²) in [6.07, 6.45) is 3.89. The Morgan fingerprint density at radius 3 is 2.75 bits per heavy atom. The van der Waals surface area contributed by atoms with Crippen LogP contribution in [-0.2, 0) is 18.6 Å². The molecular formula is C26H27N7O3. The number of nitrogens with zero attached hydrogens (tertiary/aromatic N) is 6. The van der Waals surface area contributed by atoms with Gasteiger partial charge in [0.15, 0.2) is 11.5 Å². The number of allylic oxidation sites excluding steroid dienone is 1. The minimum atomic E-state index is -1.16. The lowest BCUT2D eigenvalue weighted by molar-refractivity contribution is 0.0737. The summed E-state index contributed by atoms with van der Waals surface area (Å²) in [5, 5.41) is 13.9. The van der Waals surface area contributed by atoms with E-state index in [-0.39, 0.29) is 24.0 Å². The summed E-state index contributed by atoms with van der Waals surface area (Å²) in [5.41, 5.74) is 1.68. The van der Waals surface area contributed by atoms with Gasteiger partial charge in [0, 0.05) is 31.0 Å². The topological polar surface area (TPSA) is 118 Å². The normalized spacial score (nSPS) is 13.7. The number of nitrogens with one attached hydrogen (secondary N) is 1. The fourth-order valence-electron chi connectivity index (χ4n) is 4.29. The molecule has 0 fully saturated rings. The maximum Gasteiger partial charge on any atom is 0.278 e. The van der Waals surface area contributed by atoms with E-state index in [9.17, 15) is 14.7 Å². The van der Waals surface area contributed by atoms with Crippen molar-refractivity contribution in [3.63, 3.8) is 0 Å². The monoisotopic (exact) mass is 485 g/mol. The van der Waals surface area contributed by atoms with E-state index in [2.05, 4.69) is 26.8 Å². The summed E-state index contributed by atoms with van der Waals surface area (Å²) in [5.74, 6) is 0.669. The molecule has 4 aromatic rings. The quantitative estimate of drug-likeness (QED) is 0.403. The molecule has 0 radical (unpaired) electrons. The molecule has 0 saturated heterocycles. The van der Waals surface area contributed by atoms with Gasteiger partial charge in [-0.25, -0.2) is 19.3 Å². The number of anilines is 2. The van der Waals surface area contributed by atoms with Crippen LogP contribution in [0.15, 0.2) is 60.0 Å². The van der Waals surface area contributed by atoms with Crippen LogP contribution in [0.4, 0.5) is 11.6 Å². The van der Waals surface area contributed by atoms with Gasteiger partial charge in [0.05, 0.1) is 12.2 Å². The van der Waals surface area contributed by atoms with Crippen LogP contribution in [0.5, 0.6) is 0 Å². The second-order valence-electron chi connectivity index (χ2n) is 9.33. The third kappa shape index (κ3) is 4.05. The number of aliphatic hydroxyl groups is 1. The van der Waals surface area contributed by atoms with Gasteiger partial charge < -0.3 is 15.3 Å². The Balaban J connectivity index is 1.61. The van der Waals surface area contributed by atoms with Crippen molar-refractivity contribution in [2.75, 3.05) is 18.9 Å². The lowest BCUT2D eigenvalue weighted by atomic mass is 9.99. The first-order valence-electron chi connectivity index (χ1n) is 11.6. The van der Waals surface area contributed by atoms with Crippen molar-refractivity contribution in [3.8, 4) is 5.82 Å². The Hall–Kier alpha value is -4.31. The van der Waals surface area contributed by atoms with Crippen LogP contribution in [0.25, 0.3) is 16.9 Å². The van der Waals surface area contributed by atoms with Crippen LogP contribution in [0, 0.1) is 0 Å². The number of rotatable bonds is 6. The van der Waals surface area contributed by atoms with E-state index in [1.165, 1.54) is 10.9 Å². The maximum absolute atomic E-state index is 13.2. The highest BCUT2D eigenvalue weighted by Crippen LogP contribution is 2.25. The van der Waals surface area contributed by atoms with Crippen molar-refractivity contribution in [1.82, 2.24) is 29.2 Å². The Bertz CT molecular complexity index is 1560. The predicted molar refractivity (Wildman–Crippen MR) is 137 cm³/mol. The Labute approximate surface area is 207 Å². The molecule has 10 heteroatoms. The van der Waals surface area contributed by atoms with Gasteiger partial charge in [0.2, 0.25) is 5.95 Å². The minimum Gasteiger partial charge on any atom is -0.384 e. The molecule has 0 atom stereocenters. The Morgan fingerprint density at radius 2 is 2.00 bits per heavy atom. The zero-order chi connectivity index (χ0) is 25.6. The highest BCUT2D eigenvalue weighted by atomic mass is 16.3. The van der Waals surface area contributed by atoms with Crippen LogP contribution >= 0.6 is 0 Å². The van der Waals surface area contributed by atoms with Crippen molar-refractivity contribution in [3.05, 3.63) is 82.4 Å². The van der Waals surface area contributed by atoms with Gasteiger partial charge in [-0.2, -0.15) is 4.98 Å². The molecule has 1 amide bonds. The molecular weight excluding hydrogens is 458 g/mol. The van der Waals surface area contributed by atoms with Crippen molar-refractivity contribution >= 4 is 28.6 Å². The number of fused-ring (bicyclic) bond motifs is 2. The molecule has 1 aliphatic heterocycles. The molecule has 5 rings (SSSR count). The molecule has 0 bridgehead atoms. The van der Waals surface area contributed by atoms with Gasteiger partial charge in [-0.15, -0.1) is 6.58 Å². The van der Waals surface area contributed by atoms with Gasteiger partial charge in [-0.3, -0.25) is 9.59 Å². The van der Waals surface area contributed by atoms with Gasteiger partial charge in [0.25, 0.3) is 11.5 Å². The third-order valence-electron chi connectivity index (χ3n) is 6.22. The molecule has 36 heavy (non-hydrogen) atoms. The number of carbonyl (C=O) groups is 1. The molecule has 4 heterocycles. The van der Waals surface area contributed by atoms with E-state index in [1.54, 1.807) is 60.8 Å². The molecule has 2 N–H and O–H groups in total. The summed E-state index contributed by atoms with van der Waals surface area (Å²) in [6.45, 7) is 7.99. The number of carbonyl (C=O) groups excluding carboxylic acids is 1. The predicted octanol–water partition coefficient (Wildman–Crippen LogP) is 2.76. The maximum atomic E-state index is 13.2. The first kappa shape index (κ1) is 23.4. The number of likely N-dealkylation sites (N-methyl/N-ethyl adjacent to an activating group) is 1. The van der Waals surface area contributed by atoms with Crippen molar-refractivity contribution in [2.45, 2.75) is 32.4 Å². The molecule has 184 valence electrons. The molecule has 0 aliphatic carbocycles. The fourth-order valence-corrected chi connectivity index (χ4v) is 4.29. The lowest BCUT2D eigenvalue weighted by Gasteiger charge is -2.25. The molecule has 10 nitrogen and oxygen atoms in total. The van der Waals surface area contributed by atoms with Crippen LogP contribution in [0.1, 0.15) is 35.5 Å². The number of benzene rings is 1. The van der Waals surface area contributed by atoms with E-state index in [0.717, 1.165) is 12.0 Å². The summed E-state index contributed by atoms with van der Waals surface area (Å²) >= 11 is 0. The molecule has 0 unspecified atom stereocenters. The van der Waals surface area contributed by atoms with E-state index in [0.29, 0.717) is 40.3 Å². The number of hydrogen-bond acceptors (Lipinski definition) is 7. The van der Waals surface area contributed by atoms with E-state index in [1.807, 2.05) is 12.1 Å². The van der Waals surface area contributed by atoms with Crippen molar-refractivity contribution in [2.24, 2.45) is 0 Å². The number of pyridine rings is 1. The van der Waals surface area contributed by atoms with Gasteiger partial charge in [-0.1, -0.05) is 18.2 Å². The second kappa shape index (κ2) is 8.72. The standard InChI is InChI=1S/C26H27N7O3/c1-5-12-32-24(35)19-15-27-25(28-17-10-9-16-11-13-31(4)23(34)18(16)14-17)30-22(19)33(32)21-8-6-7-20(29-21)26(2,3)36/h5-10,14-15,36H,1,11-13H2,2-4H3,(H,27,28,30). The third-order valence-corrected chi connectivity index (χ3v) is 6.22. The van der Waals surface area contributed by atoms with Crippen LogP contribution in [-0.4, -0.2) is 53.8 Å². The molecule has 1 aromatic carbocycles. The summed E-state index contributed by atoms with van der Waals surface area (Å²) < 4.78 is 3.08. The van der Waals surface area contributed by atoms with E-state index < -0.39 is 5.60 Å². The number of aromatic nitrogens is 5. The minimum absolute atomic E-state index is 0.0237. The zero-order valence-electron chi connectivity index (χ0n) is 20.4. The lowest BCUT2D eigenvalue weighted by Crippen LogP contribution is -2.34. The SMILES string of the molecule is C=CCn1c(=O)c2cnc(Nc3ccc4c(c3)C(=O)N(C)CC4)nc2n1-c1cccc(C(C)(C)O)n1. The summed E-state index contributed by atoms with van der Waals surface area (Å²) in [7, 11) is 1.79. The van der Waals surface area contributed by atoms with Gasteiger partial charge in [-0.05, 0) is 50.1 Å². The summed E-state index contributed by atoms with van der Waals surface area (Å²) in [6, 6.07) is 10.9. The highest BCUT2D eigenvalue weighted by Gasteiger charge is 2.23. The highest BCUT2D eigenvalue weighted by molar-refractivity contribution is 5.97. The average molecular weight is 486 g/mol. The van der Waals surface area contributed by atoms with Crippen LogP contribution < -0.4 is 10.9 Å². The Morgan fingerprint density at radius 1 is 1.19 bits per heavy atom. The van der Waals surface area contributed by atoms with Gasteiger partial charge >= 0.3 is 0 Å². The first-order chi connectivity index (χ1) is 17.2. The van der Waals surface area contributed by atoms with Crippen LogP contribution in [0.3, 0.4) is 0 Å². The zero-order valence-corrected chi connectivity index (χ0v) is 20.4. The van der Waals surface area contributed by atoms with E-state index in [4.69, 9.17) is 0 Å². The largest absolute Gasteiger partial charge is 0.384 e. The number of amides is 1. The van der Waals surface area contributed by atoms with Crippen molar-refractivity contribution in [1.29, 1.82) is 0 Å². The fraction of sp³-hybridized carbons (Fsp3) is 0.269.